The van der Waals surface area contributed by atoms with Crippen LogP contribution < -0.4 is 4.90 Å². The number of hydrogen-bond acceptors (Lipinski definition) is 5. The zero-order valence-electron chi connectivity index (χ0n) is 12.1. The maximum absolute atomic E-state index is 9.36. The van der Waals surface area contributed by atoms with E-state index >= 15 is 0 Å². The number of piperidine rings is 1. The number of aliphatic hydroxyl groups is 1. The molecule has 2 aliphatic heterocycles. The van der Waals surface area contributed by atoms with Crippen LogP contribution in [0.15, 0.2) is 24.3 Å². The third kappa shape index (κ3) is 2.43. The summed E-state index contributed by atoms with van der Waals surface area (Å²) in [5.41, 5.74) is 0. The fourth-order valence-electron chi connectivity index (χ4n) is 3.70. The van der Waals surface area contributed by atoms with E-state index in [0.29, 0.717) is 18.6 Å². The Labute approximate surface area is 129 Å². The highest BCUT2D eigenvalue weighted by atomic mass is 32.1. The molecule has 4 rings (SSSR count). The number of benzene rings is 1. The lowest BCUT2D eigenvalue weighted by molar-refractivity contribution is 0.0673. The molecule has 0 aliphatic carbocycles. The van der Waals surface area contributed by atoms with E-state index in [2.05, 4.69) is 34.1 Å². The third-order valence-corrected chi connectivity index (χ3v) is 5.74. The van der Waals surface area contributed by atoms with Gasteiger partial charge in [0.1, 0.15) is 5.82 Å². The molecule has 2 atom stereocenters. The largest absolute Gasteiger partial charge is 0.396 e. The van der Waals surface area contributed by atoms with Gasteiger partial charge in [0.15, 0.2) is 0 Å². The Balaban J connectivity index is 1.54. The molecule has 112 valence electrons. The Morgan fingerprint density at radius 3 is 3.00 bits per heavy atom. The Morgan fingerprint density at radius 2 is 2.10 bits per heavy atom. The van der Waals surface area contributed by atoms with Gasteiger partial charge in [-0.05, 0) is 42.4 Å². The van der Waals surface area contributed by atoms with E-state index in [1.54, 1.807) is 11.5 Å². The van der Waals surface area contributed by atoms with Crippen LogP contribution in [-0.2, 0) is 0 Å². The van der Waals surface area contributed by atoms with E-state index in [4.69, 9.17) is 4.37 Å². The quantitative estimate of drug-likeness (QED) is 0.923. The second-order valence-corrected chi connectivity index (χ2v) is 7.03. The van der Waals surface area contributed by atoms with Crippen molar-refractivity contribution in [3.05, 3.63) is 24.3 Å². The van der Waals surface area contributed by atoms with Crippen LogP contribution in [0.1, 0.15) is 12.8 Å². The molecule has 2 saturated heterocycles. The molecule has 0 saturated carbocycles. The van der Waals surface area contributed by atoms with Crippen LogP contribution in [0.2, 0.25) is 0 Å². The smallest absolute Gasteiger partial charge is 0.150 e. The van der Waals surface area contributed by atoms with E-state index in [-0.39, 0.29) is 0 Å². The van der Waals surface area contributed by atoms with Gasteiger partial charge in [0.25, 0.3) is 0 Å². The van der Waals surface area contributed by atoms with Crippen LogP contribution in [0, 0.1) is 5.92 Å². The molecule has 1 aromatic carbocycles. The fourth-order valence-corrected chi connectivity index (χ4v) is 4.50. The Morgan fingerprint density at radius 1 is 1.19 bits per heavy atom. The highest BCUT2D eigenvalue weighted by Gasteiger charge is 2.33. The van der Waals surface area contributed by atoms with E-state index in [0.717, 1.165) is 32.6 Å². The predicted octanol–water partition coefficient (Wildman–Crippen LogP) is 2.19. The maximum Gasteiger partial charge on any atom is 0.150 e. The third-order valence-electron chi connectivity index (χ3n) is 4.92. The van der Waals surface area contributed by atoms with E-state index in [1.165, 1.54) is 22.3 Å². The van der Waals surface area contributed by atoms with Crippen LogP contribution >= 0.6 is 11.5 Å². The van der Waals surface area contributed by atoms with Crippen LogP contribution in [0.25, 0.3) is 10.1 Å². The summed E-state index contributed by atoms with van der Waals surface area (Å²) in [5.74, 6) is 1.65. The number of nitrogens with zero attached hydrogens (tertiary/aromatic N) is 3. The molecule has 0 spiro atoms. The maximum atomic E-state index is 9.36. The number of piperazine rings is 1. The lowest BCUT2D eigenvalue weighted by atomic mass is 9.91. The summed E-state index contributed by atoms with van der Waals surface area (Å²) in [4.78, 5) is 5.02. The molecule has 2 aromatic rings. The molecule has 2 aliphatic rings. The van der Waals surface area contributed by atoms with Crippen molar-refractivity contribution in [2.45, 2.75) is 18.9 Å². The summed E-state index contributed by atoms with van der Waals surface area (Å²) in [6.45, 7) is 4.61. The monoisotopic (exact) mass is 303 g/mol. The molecule has 0 radical (unpaired) electrons. The van der Waals surface area contributed by atoms with Crippen molar-refractivity contribution in [2.75, 3.05) is 37.7 Å². The molecule has 3 heterocycles. The van der Waals surface area contributed by atoms with Crippen molar-refractivity contribution >= 4 is 27.4 Å². The van der Waals surface area contributed by atoms with Gasteiger partial charge in [-0.25, -0.2) is 0 Å². The van der Waals surface area contributed by atoms with Crippen molar-refractivity contribution < 1.29 is 5.11 Å². The van der Waals surface area contributed by atoms with Gasteiger partial charge in [-0.15, -0.1) is 0 Å². The zero-order valence-corrected chi connectivity index (χ0v) is 12.9. The lowest BCUT2D eigenvalue weighted by Gasteiger charge is -2.46. The van der Waals surface area contributed by atoms with E-state index in [1.807, 2.05) is 0 Å². The van der Waals surface area contributed by atoms with Crippen molar-refractivity contribution in [1.82, 2.24) is 9.27 Å². The highest BCUT2D eigenvalue weighted by molar-refractivity contribution is 7.13. The molecule has 2 fully saturated rings. The van der Waals surface area contributed by atoms with Crippen molar-refractivity contribution in [3.63, 3.8) is 0 Å². The number of aliphatic hydroxyl groups excluding tert-OH is 1. The molecule has 0 amide bonds. The summed E-state index contributed by atoms with van der Waals surface area (Å²) in [5, 5.41) is 10.6. The number of aromatic nitrogens is 1. The normalized spacial score (nSPS) is 27.0. The average Bonchev–Trinajstić information content (AvgIpc) is 2.98. The fraction of sp³-hybridized carbons (Fsp3) is 0.562. The Hall–Kier alpha value is -1.17. The molecule has 1 N–H and O–H groups in total. The summed E-state index contributed by atoms with van der Waals surface area (Å²) >= 11 is 1.60. The molecule has 0 bridgehead atoms. The first-order chi connectivity index (χ1) is 10.3. The van der Waals surface area contributed by atoms with Gasteiger partial charge < -0.3 is 10.0 Å². The molecule has 0 unspecified atom stereocenters. The lowest BCUT2D eigenvalue weighted by Crippen LogP contribution is -2.57. The van der Waals surface area contributed by atoms with Gasteiger partial charge in [0, 0.05) is 44.2 Å². The van der Waals surface area contributed by atoms with E-state index in [9.17, 15) is 5.11 Å². The van der Waals surface area contributed by atoms with Gasteiger partial charge in [-0.2, -0.15) is 4.37 Å². The van der Waals surface area contributed by atoms with Gasteiger partial charge in [0.2, 0.25) is 0 Å². The number of rotatable bonds is 2. The predicted molar refractivity (Wildman–Crippen MR) is 87.0 cm³/mol. The summed E-state index contributed by atoms with van der Waals surface area (Å²) in [6.07, 6.45) is 2.35. The Kier molecular flexibility index (Phi) is 3.57. The van der Waals surface area contributed by atoms with Gasteiger partial charge in [-0.1, -0.05) is 12.1 Å². The first kappa shape index (κ1) is 13.5. The van der Waals surface area contributed by atoms with Crippen molar-refractivity contribution in [3.8, 4) is 0 Å². The minimum Gasteiger partial charge on any atom is -0.396 e. The number of anilines is 1. The SMILES string of the molecule is OC[C@@H]1CC[C@H]2CN(c3nsc4ccccc34)CCN2C1. The summed E-state index contributed by atoms with van der Waals surface area (Å²) < 4.78 is 5.97. The van der Waals surface area contributed by atoms with Gasteiger partial charge in [0.05, 0.1) is 4.70 Å². The minimum atomic E-state index is 0.337. The van der Waals surface area contributed by atoms with Gasteiger partial charge >= 0.3 is 0 Å². The molecule has 5 heteroatoms. The highest BCUT2D eigenvalue weighted by Crippen LogP contribution is 2.32. The van der Waals surface area contributed by atoms with Gasteiger partial charge in [-0.3, -0.25) is 4.90 Å². The number of hydrogen-bond donors (Lipinski definition) is 1. The topological polar surface area (TPSA) is 39.6 Å². The zero-order chi connectivity index (χ0) is 14.2. The molecular formula is C16H21N3OS. The molecule has 21 heavy (non-hydrogen) atoms. The van der Waals surface area contributed by atoms with Crippen LogP contribution in [-0.4, -0.2) is 53.2 Å². The standard InChI is InChI=1S/C16H21N3OS/c20-11-12-5-6-13-10-19(8-7-18(13)9-12)16-14-3-1-2-4-15(14)21-17-16/h1-4,12-13,20H,5-11H2/t12-,13+/m1/s1. The van der Waals surface area contributed by atoms with Crippen LogP contribution in [0.4, 0.5) is 5.82 Å². The second kappa shape index (κ2) is 5.55. The molecular weight excluding hydrogens is 282 g/mol. The first-order valence-electron chi connectivity index (χ1n) is 7.79. The average molecular weight is 303 g/mol. The molecule has 4 nitrogen and oxygen atoms in total. The molecule has 1 aromatic heterocycles. The van der Waals surface area contributed by atoms with Crippen molar-refractivity contribution in [2.24, 2.45) is 5.92 Å². The van der Waals surface area contributed by atoms with Crippen LogP contribution in [0.5, 0.6) is 0 Å². The summed E-state index contributed by atoms with van der Waals surface area (Å²) in [6, 6.07) is 9.14. The van der Waals surface area contributed by atoms with Crippen molar-refractivity contribution in [1.29, 1.82) is 0 Å². The second-order valence-electron chi connectivity index (χ2n) is 6.22. The first-order valence-corrected chi connectivity index (χ1v) is 8.57. The number of fused-ring (bicyclic) bond motifs is 2. The summed E-state index contributed by atoms with van der Waals surface area (Å²) in [7, 11) is 0. The Bertz CT molecular complexity index is 629. The van der Waals surface area contributed by atoms with E-state index < -0.39 is 0 Å². The minimum absolute atomic E-state index is 0.337. The van der Waals surface area contributed by atoms with Crippen LogP contribution in [0.3, 0.4) is 0 Å².